The zero-order valence-electron chi connectivity index (χ0n) is 10.5. The molecule has 0 aromatic heterocycles. The highest BCUT2D eigenvalue weighted by Crippen LogP contribution is 2.13. The van der Waals surface area contributed by atoms with Crippen LogP contribution >= 0.6 is 0 Å². The van der Waals surface area contributed by atoms with Gasteiger partial charge in [0.1, 0.15) is 5.75 Å². The fraction of sp³-hybridized carbons (Fsp3) is 0.429. The Morgan fingerprint density at radius 1 is 1.47 bits per heavy atom. The van der Waals surface area contributed by atoms with Gasteiger partial charge in [0.2, 0.25) is 0 Å². The molecule has 1 aromatic carbocycles. The smallest absolute Gasteiger partial charge is 0.119 e. The van der Waals surface area contributed by atoms with Crippen molar-refractivity contribution < 1.29 is 4.74 Å². The van der Waals surface area contributed by atoms with Gasteiger partial charge in [-0.1, -0.05) is 18.2 Å². The van der Waals surface area contributed by atoms with Crippen molar-refractivity contribution in [2.45, 2.75) is 32.2 Å². The maximum Gasteiger partial charge on any atom is 0.119 e. The first-order valence-corrected chi connectivity index (χ1v) is 6.02. The van der Waals surface area contributed by atoms with Gasteiger partial charge in [0.05, 0.1) is 6.61 Å². The third-order valence-electron chi connectivity index (χ3n) is 2.68. The average molecular weight is 234 g/mol. The van der Waals surface area contributed by atoms with Gasteiger partial charge >= 0.3 is 0 Å². The van der Waals surface area contributed by atoms with E-state index in [-0.39, 0.29) is 6.04 Å². The molecule has 0 heterocycles. The quantitative estimate of drug-likeness (QED) is 0.413. The highest BCUT2D eigenvalue weighted by atomic mass is 16.5. The number of allylic oxidation sites excluding steroid dienone is 1. The van der Waals surface area contributed by atoms with Gasteiger partial charge in [-0.15, -0.1) is 6.58 Å². The Morgan fingerprint density at radius 3 is 2.94 bits per heavy atom. The molecule has 1 aromatic rings. The number of ether oxygens (including phenoxy) is 1. The van der Waals surface area contributed by atoms with Crippen LogP contribution in [0.5, 0.6) is 5.75 Å². The molecule has 1 unspecified atom stereocenters. The number of hydrogen-bond donors (Lipinski definition) is 2. The van der Waals surface area contributed by atoms with E-state index < -0.39 is 0 Å². The van der Waals surface area contributed by atoms with Crippen molar-refractivity contribution in [3.05, 3.63) is 42.5 Å². The first-order chi connectivity index (χ1) is 8.26. The molecule has 0 amide bonds. The molecule has 17 heavy (non-hydrogen) atoms. The molecule has 0 bridgehead atoms. The molecule has 0 spiro atoms. The molecule has 3 N–H and O–H groups in total. The zero-order chi connectivity index (χ0) is 12.5. The van der Waals surface area contributed by atoms with Gasteiger partial charge in [0.25, 0.3) is 0 Å². The molecule has 0 saturated heterocycles. The van der Waals surface area contributed by atoms with Crippen molar-refractivity contribution in [1.82, 2.24) is 5.43 Å². The third kappa shape index (κ3) is 5.52. The molecular weight excluding hydrogens is 212 g/mol. The molecule has 1 atom stereocenters. The summed E-state index contributed by atoms with van der Waals surface area (Å²) in [5.74, 6) is 6.40. The van der Waals surface area contributed by atoms with E-state index >= 15 is 0 Å². The van der Waals surface area contributed by atoms with Crippen molar-refractivity contribution >= 4 is 0 Å². The van der Waals surface area contributed by atoms with Gasteiger partial charge in [-0.3, -0.25) is 11.3 Å². The Bertz CT molecular complexity index is 339. The zero-order valence-corrected chi connectivity index (χ0v) is 10.5. The van der Waals surface area contributed by atoms with E-state index in [0.29, 0.717) is 6.61 Å². The lowest BCUT2D eigenvalue weighted by Crippen LogP contribution is -2.36. The van der Waals surface area contributed by atoms with Crippen LogP contribution in [0, 0.1) is 6.92 Å². The molecule has 94 valence electrons. The first-order valence-electron chi connectivity index (χ1n) is 6.02. The van der Waals surface area contributed by atoms with Crippen LogP contribution in [-0.4, -0.2) is 12.6 Å². The van der Waals surface area contributed by atoms with E-state index in [1.807, 2.05) is 24.3 Å². The van der Waals surface area contributed by atoms with E-state index in [0.717, 1.165) is 25.0 Å². The summed E-state index contributed by atoms with van der Waals surface area (Å²) in [4.78, 5) is 0. The maximum atomic E-state index is 5.68. The Labute approximate surface area is 104 Å². The monoisotopic (exact) mass is 234 g/mol. The Morgan fingerprint density at radius 2 is 2.29 bits per heavy atom. The number of rotatable bonds is 8. The molecule has 0 fully saturated rings. The summed E-state index contributed by atoms with van der Waals surface area (Å²) in [7, 11) is 0. The summed E-state index contributed by atoms with van der Waals surface area (Å²) in [6.07, 6.45) is 4.78. The maximum absolute atomic E-state index is 5.68. The number of aryl methyl sites for hydroxylation is 1. The molecule has 0 radical (unpaired) electrons. The van der Waals surface area contributed by atoms with Crippen LogP contribution in [0.25, 0.3) is 0 Å². The van der Waals surface area contributed by atoms with Crippen LogP contribution < -0.4 is 16.0 Å². The number of nitrogens with two attached hydrogens (primary N) is 1. The minimum atomic E-state index is 0.290. The highest BCUT2D eigenvalue weighted by molar-refractivity contribution is 5.27. The molecule has 0 saturated carbocycles. The lowest BCUT2D eigenvalue weighted by atomic mass is 10.1. The summed E-state index contributed by atoms with van der Waals surface area (Å²) >= 11 is 0. The van der Waals surface area contributed by atoms with Crippen LogP contribution in [0.2, 0.25) is 0 Å². The number of hydrogen-bond acceptors (Lipinski definition) is 3. The summed E-state index contributed by atoms with van der Waals surface area (Å²) in [5.41, 5.74) is 4.02. The molecular formula is C14H22N2O. The summed E-state index contributed by atoms with van der Waals surface area (Å²) in [5, 5.41) is 0. The summed E-state index contributed by atoms with van der Waals surface area (Å²) < 4.78 is 5.68. The second-order valence-electron chi connectivity index (χ2n) is 4.18. The lowest BCUT2D eigenvalue weighted by Gasteiger charge is -2.15. The summed E-state index contributed by atoms with van der Waals surface area (Å²) in [6, 6.07) is 8.36. The van der Waals surface area contributed by atoms with Crippen molar-refractivity contribution in [3.63, 3.8) is 0 Å². The molecule has 0 aliphatic rings. The Kier molecular flexibility index (Phi) is 6.37. The second-order valence-corrected chi connectivity index (χ2v) is 4.18. The van der Waals surface area contributed by atoms with Crippen molar-refractivity contribution in [2.75, 3.05) is 6.61 Å². The fourth-order valence-electron chi connectivity index (χ4n) is 1.65. The van der Waals surface area contributed by atoms with Crippen molar-refractivity contribution in [1.29, 1.82) is 0 Å². The largest absolute Gasteiger partial charge is 0.494 e. The molecule has 3 nitrogen and oxygen atoms in total. The molecule has 0 aliphatic heterocycles. The van der Waals surface area contributed by atoms with Crippen molar-refractivity contribution in [3.8, 4) is 5.75 Å². The predicted octanol–water partition coefficient (Wildman–Crippen LogP) is 2.56. The van der Waals surface area contributed by atoms with Gasteiger partial charge in [0, 0.05) is 6.04 Å². The standard InChI is InChI=1S/C14H22N2O/c1-3-4-7-13(16-15)9-10-17-14-8-5-6-12(2)11-14/h3,5-6,8,11,13,16H,1,4,7,9-10,15H2,2H3. The minimum absolute atomic E-state index is 0.290. The Balaban J connectivity index is 2.28. The van der Waals surface area contributed by atoms with Crippen LogP contribution in [0.4, 0.5) is 0 Å². The topological polar surface area (TPSA) is 47.3 Å². The molecule has 0 aliphatic carbocycles. The third-order valence-corrected chi connectivity index (χ3v) is 2.68. The Hall–Kier alpha value is -1.32. The second kappa shape index (κ2) is 7.87. The van der Waals surface area contributed by atoms with E-state index in [4.69, 9.17) is 10.6 Å². The SMILES string of the molecule is C=CCCC(CCOc1cccc(C)c1)NN. The van der Waals surface area contributed by atoms with E-state index in [1.54, 1.807) is 0 Å². The number of hydrazine groups is 1. The van der Waals surface area contributed by atoms with E-state index in [1.165, 1.54) is 5.56 Å². The van der Waals surface area contributed by atoms with Gasteiger partial charge < -0.3 is 4.74 Å². The molecule has 1 rings (SSSR count). The van der Waals surface area contributed by atoms with Crippen LogP contribution in [0.3, 0.4) is 0 Å². The normalized spacial score (nSPS) is 12.1. The number of benzene rings is 1. The average Bonchev–Trinajstić information content (AvgIpc) is 2.33. The predicted molar refractivity (Wildman–Crippen MR) is 71.8 cm³/mol. The van der Waals surface area contributed by atoms with Crippen molar-refractivity contribution in [2.24, 2.45) is 5.84 Å². The highest BCUT2D eigenvalue weighted by Gasteiger charge is 2.05. The molecule has 3 heteroatoms. The lowest BCUT2D eigenvalue weighted by molar-refractivity contribution is 0.281. The van der Waals surface area contributed by atoms with Crippen LogP contribution in [-0.2, 0) is 0 Å². The minimum Gasteiger partial charge on any atom is -0.494 e. The van der Waals surface area contributed by atoms with Crippen LogP contribution in [0.15, 0.2) is 36.9 Å². The number of nitrogens with one attached hydrogen (secondary N) is 1. The van der Waals surface area contributed by atoms with Gasteiger partial charge in [-0.25, -0.2) is 0 Å². The summed E-state index contributed by atoms with van der Waals surface area (Å²) in [6.45, 7) is 6.44. The fourth-order valence-corrected chi connectivity index (χ4v) is 1.65. The van der Waals surface area contributed by atoms with Gasteiger partial charge in [-0.2, -0.15) is 0 Å². The van der Waals surface area contributed by atoms with E-state index in [2.05, 4.69) is 25.0 Å². The van der Waals surface area contributed by atoms with E-state index in [9.17, 15) is 0 Å². The first kappa shape index (κ1) is 13.7. The van der Waals surface area contributed by atoms with Gasteiger partial charge in [-0.05, 0) is 43.9 Å². The van der Waals surface area contributed by atoms with Gasteiger partial charge in [0.15, 0.2) is 0 Å². The van der Waals surface area contributed by atoms with Crippen LogP contribution in [0.1, 0.15) is 24.8 Å².